The van der Waals surface area contributed by atoms with Crippen LogP contribution < -0.4 is 14.4 Å². The first-order chi connectivity index (χ1) is 13.5. The molecule has 0 amide bonds. The number of hydrogen-bond acceptors (Lipinski definition) is 6. The van der Waals surface area contributed by atoms with E-state index in [0.717, 1.165) is 0 Å². The van der Waals surface area contributed by atoms with E-state index in [1.54, 1.807) is 30.3 Å². The van der Waals surface area contributed by atoms with Crippen LogP contribution in [0.25, 0.3) is 6.08 Å². The number of allylic oxidation sites excluding steroid dienone is 1. The Balaban J connectivity index is 1.78. The van der Waals surface area contributed by atoms with Gasteiger partial charge in [0.1, 0.15) is 5.82 Å². The fourth-order valence-electron chi connectivity index (χ4n) is 3.00. The van der Waals surface area contributed by atoms with E-state index >= 15 is 0 Å². The van der Waals surface area contributed by atoms with Crippen LogP contribution in [0, 0.1) is 5.82 Å². The molecule has 148 valence electrons. The van der Waals surface area contributed by atoms with E-state index in [4.69, 9.17) is 14.2 Å². The van der Waals surface area contributed by atoms with Crippen LogP contribution in [-0.4, -0.2) is 51.4 Å². The number of halogens is 1. The minimum Gasteiger partial charge on any atom is -0.502 e. The highest BCUT2D eigenvalue weighted by molar-refractivity contribution is 6.07. The summed E-state index contributed by atoms with van der Waals surface area (Å²) in [6.45, 7) is 2.36. The second-order valence-corrected chi connectivity index (χ2v) is 6.24. The van der Waals surface area contributed by atoms with Crippen LogP contribution >= 0.6 is 0 Å². The molecule has 1 N–H and O–H groups in total. The van der Waals surface area contributed by atoms with Crippen molar-refractivity contribution in [3.63, 3.8) is 0 Å². The smallest absolute Gasteiger partial charge is 0.200 e. The van der Waals surface area contributed by atoms with Crippen LogP contribution in [-0.2, 0) is 4.74 Å². The van der Waals surface area contributed by atoms with Gasteiger partial charge in [0.15, 0.2) is 17.3 Å². The van der Waals surface area contributed by atoms with Gasteiger partial charge in [-0.3, -0.25) is 4.79 Å². The molecule has 7 heteroatoms. The first kappa shape index (κ1) is 19.7. The van der Waals surface area contributed by atoms with Crippen LogP contribution in [0.3, 0.4) is 0 Å². The fraction of sp³-hybridized carbons (Fsp3) is 0.286. The van der Waals surface area contributed by atoms with Crippen molar-refractivity contribution in [2.24, 2.45) is 0 Å². The minimum absolute atomic E-state index is 0.116. The Bertz CT molecular complexity index is 865. The van der Waals surface area contributed by atoms with E-state index in [2.05, 4.69) is 0 Å². The van der Waals surface area contributed by atoms with E-state index in [-0.39, 0.29) is 28.6 Å². The Labute approximate surface area is 162 Å². The molecule has 0 unspecified atom stereocenters. The number of rotatable bonds is 6. The Morgan fingerprint density at radius 3 is 2.36 bits per heavy atom. The predicted molar refractivity (Wildman–Crippen MR) is 104 cm³/mol. The molecule has 0 aromatic heterocycles. The van der Waals surface area contributed by atoms with E-state index in [1.807, 2.05) is 4.90 Å². The summed E-state index contributed by atoms with van der Waals surface area (Å²) < 4.78 is 29.9. The lowest BCUT2D eigenvalue weighted by Gasteiger charge is -2.29. The molecule has 0 spiro atoms. The highest BCUT2D eigenvalue weighted by Gasteiger charge is 2.16. The molecule has 0 radical (unpaired) electrons. The van der Waals surface area contributed by atoms with Crippen LogP contribution in [0.2, 0.25) is 0 Å². The zero-order valence-corrected chi connectivity index (χ0v) is 15.8. The van der Waals surface area contributed by atoms with Crippen LogP contribution in [0.4, 0.5) is 10.1 Å². The first-order valence-electron chi connectivity index (χ1n) is 8.83. The van der Waals surface area contributed by atoms with E-state index in [0.29, 0.717) is 37.6 Å². The second kappa shape index (κ2) is 8.75. The van der Waals surface area contributed by atoms with E-state index in [9.17, 15) is 14.3 Å². The third-order valence-electron chi connectivity index (χ3n) is 4.51. The summed E-state index contributed by atoms with van der Waals surface area (Å²) in [5.41, 5.74) is 1.32. The summed E-state index contributed by atoms with van der Waals surface area (Å²) in [7, 11) is 2.85. The summed E-state index contributed by atoms with van der Waals surface area (Å²) in [6, 6.07) is 7.62. The topological polar surface area (TPSA) is 68.2 Å². The number of hydrogen-bond donors (Lipinski definition) is 1. The lowest BCUT2D eigenvalue weighted by molar-refractivity contribution is 0.104. The molecular formula is C21H22FNO5. The van der Waals surface area contributed by atoms with Crippen LogP contribution in [0.15, 0.2) is 36.4 Å². The number of phenols is 1. The van der Waals surface area contributed by atoms with Gasteiger partial charge in [-0.25, -0.2) is 4.39 Å². The normalized spacial score (nSPS) is 14.3. The molecule has 1 heterocycles. The van der Waals surface area contributed by atoms with E-state index < -0.39 is 5.82 Å². The quantitative estimate of drug-likeness (QED) is 0.606. The van der Waals surface area contributed by atoms with Crippen LogP contribution in [0.5, 0.6) is 17.2 Å². The Kier molecular flexibility index (Phi) is 6.16. The lowest BCUT2D eigenvalue weighted by Crippen LogP contribution is -2.36. The SMILES string of the molecule is COc1cc(C=CC(=O)c2ccc(N3CCOCC3)c(F)c2)cc(OC)c1O. The third-order valence-corrected chi connectivity index (χ3v) is 4.51. The zero-order valence-electron chi connectivity index (χ0n) is 15.8. The number of ketones is 1. The third kappa shape index (κ3) is 4.26. The highest BCUT2D eigenvalue weighted by atomic mass is 19.1. The molecule has 2 aromatic rings. The summed E-state index contributed by atoms with van der Waals surface area (Å²) in [6.07, 6.45) is 2.90. The lowest BCUT2D eigenvalue weighted by atomic mass is 10.1. The maximum Gasteiger partial charge on any atom is 0.200 e. The maximum absolute atomic E-state index is 14.5. The largest absolute Gasteiger partial charge is 0.502 e. The molecule has 1 aliphatic rings. The molecule has 1 aliphatic heterocycles. The maximum atomic E-state index is 14.5. The molecule has 3 rings (SSSR count). The fourth-order valence-corrected chi connectivity index (χ4v) is 3.00. The monoisotopic (exact) mass is 387 g/mol. The molecule has 2 aromatic carbocycles. The van der Waals surface area contributed by atoms with Crippen molar-refractivity contribution in [3.8, 4) is 17.2 Å². The van der Waals surface area contributed by atoms with Gasteiger partial charge in [-0.15, -0.1) is 0 Å². The molecule has 0 aliphatic carbocycles. The number of phenolic OH excluding ortho intramolecular Hbond substituents is 1. The molecule has 6 nitrogen and oxygen atoms in total. The van der Waals surface area contributed by atoms with Gasteiger partial charge in [0.2, 0.25) is 5.75 Å². The molecule has 28 heavy (non-hydrogen) atoms. The van der Waals surface area contributed by atoms with Crippen molar-refractivity contribution in [1.82, 2.24) is 0 Å². The molecule has 0 saturated carbocycles. The van der Waals surface area contributed by atoms with Gasteiger partial charge in [-0.05, 0) is 42.0 Å². The summed E-state index contributed by atoms with van der Waals surface area (Å²) in [4.78, 5) is 14.3. The number of ether oxygens (including phenoxy) is 3. The number of nitrogens with zero attached hydrogens (tertiary/aromatic N) is 1. The van der Waals surface area contributed by atoms with E-state index in [1.165, 1.54) is 26.4 Å². The highest BCUT2D eigenvalue weighted by Crippen LogP contribution is 2.37. The van der Waals surface area contributed by atoms with Gasteiger partial charge in [0, 0.05) is 18.7 Å². The number of benzene rings is 2. The van der Waals surface area contributed by atoms with Gasteiger partial charge in [0.25, 0.3) is 0 Å². The zero-order chi connectivity index (χ0) is 20.1. The molecule has 0 atom stereocenters. The van der Waals surface area contributed by atoms with Gasteiger partial charge in [0.05, 0.1) is 33.1 Å². The Morgan fingerprint density at radius 1 is 1.14 bits per heavy atom. The average Bonchev–Trinajstić information content (AvgIpc) is 2.73. The number of carbonyl (C=O) groups excluding carboxylic acids is 1. The molecule has 0 bridgehead atoms. The van der Waals surface area contributed by atoms with Crippen molar-refractivity contribution in [3.05, 3.63) is 53.4 Å². The molecular weight excluding hydrogens is 365 g/mol. The number of aromatic hydroxyl groups is 1. The average molecular weight is 387 g/mol. The summed E-state index contributed by atoms with van der Waals surface area (Å²) in [5, 5.41) is 9.94. The number of methoxy groups -OCH3 is 2. The van der Waals surface area contributed by atoms with Crippen molar-refractivity contribution < 1.29 is 28.5 Å². The number of carbonyl (C=O) groups is 1. The van der Waals surface area contributed by atoms with Gasteiger partial charge >= 0.3 is 0 Å². The van der Waals surface area contributed by atoms with Gasteiger partial charge in [-0.1, -0.05) is 6.08 Å². The van der Waals surface area contributed by atoms with Gasteiger partial charge < -0.3 is 24.2 Å². The van der Waals surface area contributed by atoms with Crippen molar-refractivity contribution in [1.29, 1.82) is 0 Å². The van der Waals surface area contributed by atoms with Crippen molar-refractivity contribution in [2.45, 2.75) is 0 Å². The Hall–Kier alpha value is -3.06. The molecule has 1 saturated heterocycles. The molecule has 1 fully saturated rings. The number of anilines is 1. The Morgan fingerprint density at radius 2 is 1.79 bits per heavy atom. The number of morpholine rings is 1. The van der Waals surface area contributed by atoms with Crippen molar-refractivity contribution in [2.75, 3.05) is 45.4 Å². The standard InChI is InChI=1S/C21H22FNO5/c1-26-19-11-14(12-20(27-2)21(19)25)3-6-18(24)15-4-5-17(16(22)13-15)23-7-9-28-10-8-23/h3-6,11-13,25H,7-10H2,1-2H3. The second-order valence-electron chi connectivity index (χ2n) is 6.24. The van der Waals surface area contributed by atoms with Gasteiger partial charge in [-0.2, -0.15) is 0 Å². The summed E-state index contributed by atoms with van der Waals surface area (Å²) in [5.74, 6) is -0.429. The predicted octanol–water partition coefficient (Wildman–Crippen LogP) is 3.28. The van der Waals surface area contributed by atoms with Crippen molar-refractivity contribution >= 4 is 17.5 Å². The first-order valence-corrected chi connectivity index (χ1v) is 8.83. The van der Waals surface area contributed by atoms with Crippen LogP contribution in [0.1, 0.15) is 15.9 Å². The summed E-state index contributed by atoms with van der Waals surface area (Å²) >= 11 is 0. The minimum atomic E-state index is -0.436.